The second kappa shape index (κ2) is 8.02. The molecule has 0 atom stereocenters. The summed E-state index contributed by atoms with van der Waals surface area (Å²) in [7, 11) is 0. The molecule has 1 amide bonds. The minimum Gasteiger partial charge on any atom is -0.444 e. The molecule has 0 saturated heterocycles. The maximum atomic E-state index is 12.1. The number of hydrogen-bond acceptors (Lipinski definition) is 6. The number of ether oxygens (including phenoxy) is 1. The number of carbonyl (C=O) groups excluding carboxylic acids is 1. The Morgan fingerprint density at radius 2 is 2.04 bits per heavy atom. The summed E-state index contributed by atoms with van der Waals surface area (Å²) in [5, 5.41) is 2.66. The Kier molecular flexibility index (Phi) is 6.02. The fourth-order valence-corrected chi connectivity index (χ4v) is 2.32. The number of H-pyrrole nitrogens is 1. The average Bonchev–Trinajstić information content (AvgIpc) is 2.51. The standard InChI is InChI=1S/C16H21N5O3S/c1-16(2,3)24-15(23)19-4-5-21-9-12(13(22)20-14(21)25)6-11-7-17-10-18-8-11/h7-10H,4-6H2,1-3H3,(H,19,23)(H,20,22,25). The van der Waals surface area contributed by atoms with Crippen LogP contribution in [0, 0.1) is 4.77 Å². The summed E-state index contributed by atoms with van der Waals surface area (Å²) < 4.78 is 7.17. The normalized spacial score (nSPS) is 11.2. The predicted octanol–water partition coefficient (Wildman–Crippen LogP) is 1.81. The Bertz CT molecular complexity index is 839. The number of aromatic nitrogens is 4. The molecule has 2 N–H and O–H groups in total. The molecule has 2 aromatic rings. The second-order valence-corrected chi connectivity index (χ2v) is 6.85. The van der Waals surface area contributed by atoms with Crippen molar-refractivity contribution < 1.29 is 9.53 Å². The number of hydrogen-bond donors (Lipinski definition) is 2. The monoisotopic (exact) mass is 363 g/mol. The highest BCUT2D eigenvalue weighted by Crippen LogP contribution is 2.06. The molecule has 0 unspecified atom stereocenters. The average molecular weight is 363 g/mol. The van der Waals surface area contributed by atoms with Gasteiger partial charge in [0.1, 0.15) is 11.9 Å². The van der Waals surface area contributed by atoms with Crippen molar-refractivity contribution in [3.05, 3.63) is 51.2 Å². The van der Waals surface area contributed by atoms with Crippen LogP contribution in [0.1, 0.15) is 31.9 Å². The summed E-state index contributed by atoms with van der Waals surface area (Å²) in [5.41, 5.74) is 0.568. The Balaban J connectivity index is 2.04. The molecule has 0 aliphatic carbocycles. The summed E-state index contributed by atoms with van der Waals surface area (Å²) in [5.74, 6) is 0. The van der Waals surface area contributed by atoms with E-state index < -0.39 is 11.7 Å². The number of aromatic amines is 1. The fraction of sp³-hybridized carbons (Fsp3) is 0.438. The van der Waals surface area contributed by atoms with E-state index in [0.717, 1.165) is 5.56 Å². The quantitative estimate of drug-likeness (QED) is 0.786. The smallest absolute Gasteiger partial charge is 0.407 e. The van der Waals surface area contributed by atoms with E-state index in [1.807, 2.05) is 0 Å². The maximum Gasteiger partial charge on any atom is 0.407 e. The number of amides is 1. The Labute approximate surface area is 150 Å². The lowest BCUT2D eigenvalue weighted by Crippen LogP contribution is -2.34. The Morgan fingerprint density at radius 1 is 1.36 bits per heavy atom. The predicted molar refractivity (Wildman–Crippen MR) is 95.0 cm³/mol. The van der Waals surface area contributed by atoms with E-state index >= 15 is 0 Å². The van der Waals surface area contributed by atoms with Gasteiger partial charge in [-0.05, 0) is 38.6 Å². The van der Waals surface area contributed by atoms with Crippen molar-refractivity contribution in [1.82, 2.24) is 24.8 Å². The third-order valence-corrected chi connectivity index (χ3v) is 3.45. The zero-order chi connectivity index (χ0) is 18.4. The Morgan fingerprint density at radius 3 is 2.68 bits per heavy atom. The van der Waals surface area contributed by atoms with E-state index in [4.69, 9.17) is 17.0 Å². The van der Waals surface area contributed by atoms with Gasteiger partial charge < -0.3 is 14.6 Å². The van der Waals surface area contributed by atoms with E-state index in [-0.39, 0.29) is 5.56 Å². The molecule has 0 aliphatic heterocycles. The lowest BCUT2D eigenvalue weighted by atomic mass is 10.1. The molecule has 2 aromatic heterocycles. The molecule has 2 rings (SSSR count). The summed E-state index contributed by atoms with van der Waals surface area (Å²) >= 11 is 5.17. The summed E-state index contributed by atoms with van der Waals surface area (Å²) in [6, 6.07) is 0. The molecular weight excluding hydrogens is 342 g/mol. The molecule has 0 aliphatic rings. The molecule has 25 heavy (non-hydrogen) atoms. The first kappa shape index (κ1) is 18.8. The summed E-state index contributed by atoms with van der Waals surface area (Å²) in [4.78, 5) is 34.2. The van der Waals surface area contributed by atoms with Crippen LogP contribution >= 0.6 is 12.2 Å². The highest BCUT2D eigenvalue weighted by atomic mass is 32.1. The van der Waals surface area contributed by atoms with Crippen molar-refractivity contribution in [2.75, 3.05) is 6.54 Å². The maximum absolute atomic E-state index is 12.1. The lowest BCUT2D eigenvalue weighted by Gasteiger charge is -2.19. The van der Waals surface area contributed by atoms with Crippen LogP contribution in [0.4, 0.5) is 4.79 Å². The van der Waals surface area contributed by atoms with Gasteiger partial charge in [-0.25, -0.2) is 14.8 Å². The van der Waals surface area contributed by atoms with Gasteiger partial charge in [-0.2, -0.15) is 0 Å². The number of alkyl carbamates (subject to hydrolysis) is 1. The van der Waals surface area contributed by atoms with Crippen molar-refractivity contribution in [2.45, 2.75) is 39.3 Å². The van der Waals surface area contributed by atoms with Gasteiger partial charge in [0.15, 0.2) is 4.77 Å². The summed E-state index contributed by atoms with van der Waals surface area (Å²) in [6.45, 7) is 6.12. The van der Waals surface area contributed by atoms with Crippen LogP contribution in [-0.2, 0) is 17.7 Å². The molecule has 8 nitrogen and oxygen atoms in total. The van der Waals surface area contributed by atoms with Gasteiger partial charge in [0.05, 0.1) is 0 Å². The zero-order valence-electron chi connectivity index (χ0n) is 14.4. The van der Waals surface area contributed by atoms with E-state index in [1.165, 1.54) is 6.33 Å². The van der Waals surface area contributed by atoms with Crippen LogP contribution in [0.2, 0.25) is 0 Å². The molecule has 0 fully saturated rings. The minimum absolute atomic E-state index is 0.245. The van der Waals surface area contributed by atoms with E-state index in [2.05, 4.69) is 20.3 Å². The topological polar surface area (TPSA) is 102 Å². The molecule has 0 aromatic carbocycles. The molecule has 0 saturated carbocycles. The first-order valence-corrected chi connectivity index (χ1v) is 8.19. The van der Waals surface area contributed by atoms with E-state index in [9.17, 15) is 9.59 Å². The lowest BCUT2D eigenvalue weighted by molar-refractivity contribution is 0.0526. The SMILES string of the molecule is CC(C)(C)OC(=O)NCCn1cc(Cc2cncnc2)c(=O)[nH]c1=S. The highest BCUT2D eigenvalue weighted by Gasteiger charge is 2.15. The number of nitrogens with one attached hydrogen (secondary N) is 2. The zero-order valence-corrected chi connectivity index (χ0v) is 15.2. The van der Waals surface area contributed by atoms with Crippen LogP contribution in [0.25, 0.3) is 0 Å². The number of nitrogens with zero attached hydrogens (tertiary/aromatic N) is 3. The first-order valence-electron chi connectivity index (χ1n) is 7.78. The van der Waals surface area contributed by atoms with E-state index in [1.54, 1.807) is 43.9 Å². The van der Waals surface area contributed by atoms with Gasteiger partial charge in [0.25, 0.3) is 5.56 Å². The van der Waals surface area contributed by atoms with Gasteiger partial charge in [-0.15, -0.1) is 0 Å². The second-order valence-electron chi connectivity index (χ2n) is 6.46. The third-order valence-electron chi connectivity index (χ3n) is 3.11. The Hall–Kier alpha value is -2.55. The first-order chi connectivity index (χ1) is 11.7. The van der Waals surface area contributed by atoms with Crippen LogP contribution in [0.3, 0.4) is 0 Å². The molecule has 9 heteroatoms. The van der Waals surface area contributed by atoms with Crippen LogP contribution in [0.15, 0.2) is 29.7 Å². The van der Waals surface area contributed by atoms with Crippen molar-refractivity contribution in [1.29, 1.82) is 0 Å². The van der Waals surface area contributed by atoms with Gasteiger partial charge in [0.2, 0.25) is 0 Å². The van der Waals surface area contributed by atoms with Crippen molar-refractivity contribution >= 4 is 18.3 Å². The summed E-state index contributed by atoms with van der Waals surface area (Å²) in [6.07, 6.45) is 6.33. The van der Waals surface area contributed by atoms with Crippen molar-refractivity contribution in [3.63, 3.8) is 0 Å². The molecule has 0 bridgehead atoms. The van der Waals surface area contributed by atoms with Gasteiger partial charge in [0, 0.05) is 43.7 Å². The molecule has 134 valence electrons. The van der Waals surface area contributed by atoms with Crippen molar-refractivity contribution in [2.24, 2.45) is 0 Å². The van der Waals surface area contributed by atoms with Crippen LogP contribution in [0.5, 0.6) is 0 Å². The molecule has 0 radical (unpaired) electrons. The highest BCUT2D eigenvalue weighted by molar-refractivity contribution is 7.71. The van der Waals surface area contributed by atoms with E-state index in [0.29, 0.717) is 29.8 Å². The number of carbonyl (C=O) groups is 1. The largest absolute Gasteiger partial charge is 0.444 e. The van der Waals surface area contributed by atoms with Gasteiger partial charge in [-0.3, -0.25) is 9.78 Å². The van der Waals surface area contributed by atoms with Crippen LogP contribution in [-0.4, -0.2) is 37.8 Å². The molecular formula is C16H21N5O3S. The minimum atomic E-state index is -0.552. The third kappa shape index (κ3) is 6.11. The van der Waals surface area contributed by atoms with Crippen LogP contribution < -0.4 is 10.9 Å². The van der Waals surface area contributed by atoms with Crippen molar-refractivity contribution in [3.8, 4) is 0 Å². The van der Waals surface area contributed by atoms with Gasteiger partial charge in [-0.1, -0.05) is 0 Å². The number of rotatable bonds is 5. The fourth-order valence-electron chi connectivity index (χ4n) is 2.08. The van der Waals surface area contributed by atoms with Gasteiger partial charge >= 0.3 is 6.09 Å². The molecule has 0 spiro atoms. The molecule has 2 heterocycles.